The molecule has 0 saturated heterocycles. The third-order valence-corrected chi connectivity index (χ3v) is 3.26. The summed E-state index contributed by atoms with van der Waals surface area (Å²) < 4.78 is 24.0. The molecule has 0 aliphatic carbocycles. The Morgan fingerprint density at radius 1 is 1.22 bits per heavy atom. The van der Waals surface area contributed by atoms with Gasteiger partial charge in [-0.2, -0.15) is 0 Å². The van der Waals surface area contributed by atoms with Crippen molar-refractivity contribution in [3.63, 3.8) is 0 Å². The molecule has 1 aromatic rings. The molecule has 0 heterocycles. The third kappa shape index (κ3) is 5.59. The summed E-state index contributed by atoms with van der Waals surface area (Å²) in [5.41, 5.74) is -0.139. The van der Waals surface area contributed by atoms with E-state index in [9.17, 15) is 13.5 Å². The van der Waals surface area contributed by atoms with Crippen LogP contribution in [0.5, 0.6) is 0 Å². The minimum Gasteiger partial charge on any atom is -0.384 e. The molecule has 0 saturated carbocycles. The molecule has 0 amide bonds. The van der Waals surface area contributed by atoms with Crippen LogP contribution in [-0.4, -0.2) is 39.4 Å². The largest absolute Gasteiger partial charge is 0.384 e. The zero-order valence-electron chi connectivity index (χ0n) is 10.7. The topological polar surface area (TPSA) is 78.4 Å². The lowest BCUT2D eigenvalue weighted by Gasteiger charge is -2.24. The monoisotopic (exact) mass is 272 g/mol. The molecule has 5 nitrogen and oxygen atoms in total. The van der Waals surface area contributed by atoms with Crippen LogP contribution >= 0.6 is 0 Å². The molecule has 0 aliphatic rings. The van der Waals surface area contributed by atoms with Crippen LogP contribution in [0.3, 0.4) is 0 Å². The van der Waals surface area contributed by atoms with Crippen molar-refractivity contribution < 1.29 is 13.5 Å². The van der Waals surface area contributed by atoms with Crippen LogP contribution in [0.15, 0.2) is 30.3 Å². The number of sulfonamides is 1. The fraction of sp³-hybridized carbons (Fsp3) is 0.500. The molecule has 0 spiro atoms. The van der Waals surface area contributed by atoms with Gasteiger partial charge in [-0.25, -0.2) is 13.1 Å². The molecule has 0 aromatic heterocycles. The predicted molar refractivity (Wildman–Crippen MR) is 71.7 cm³/mol. The second-order valence-corrected chi connectivity index (χ2v) is 6.32. The van der Waals surface area contributed by atoms with Crippen LogP contribution in [-0.2, 0) is 15.6 Å². The lowest BCUT2D eigenvalue weighted by atomic mass is 9.96. The molecule has 3 N–H and O–H groups in total. The Hall–Kier alpha value is -0.950. The van der Waals surface area contributed by atoms with Gasteiger partial charge in [0.2, 0.25) is 10.0 Å². The first kappa shape index (κ1) is 15.1. The zero-order chi connectivity index (χ0) is 13.6. The van der Waals surface area contributed by atoms with E-state index in [4.69, 9.17) is 0 Å². The molecule has 1 aromatic carbocycles. The maximum absolute atomic E-state index is 10.8. The summed E-state index contributed by atoms with van der Waals surface area (Å²) in [6.45, 7) is 2.86. The van der Waals surface area contributed by atoms with Gasteiger partial charge >= 0.3 is 0 Å². The van der Waals surface area contributed by atoms with Gasteiger partial charge in [0.1, 0.15) is 0 Å². The minimum absolute atomic E-state index is 0.309. The van der Waals surface area contributed by atoms with E-state index in [1.54, 1.807) is 6.92 Å². The van der Waals surface area contributed by atoms with E-state index < -0.39 is 15.6 Å². The summed E-state index contributed by atoms with van der Waals surface area (Å²) in [4.78, 5) is 0. The fourth-order valence-electron chi connectivity index (χ4n) is 1.56. The lowest BCUT2D eigenvalue weighted by molar-refractivity contribution is 0.0574. The highest BCUT2D eigenvalue weighted by Gasteiger charge is 2.21. The number of nitrogens with one attached hydrogen (secondary N) is 2. The molecule has 6 heteroatoms. The van der Waals surface area contributed by atoms with Crippen molar-refractivity contribution in [2.24, 2.45) is 0 Å². The maximum Gasteiger partial charge on any atom is 0.208 e. The number of hydrogen-bond acceptors (Lipinski definition) is 4. The van der Waals surface area contributed by atoms with Crippen molar-refractivity contribution in [2.45, 2.75) is 12.5 Å². The van der Waals surface area contributed by atoms with Crippen LogP contribution in [0, 0.1) is 0 Å². The van der Waals surface area contributed by atoms with E-state index in [-0.39, 0.29) is 0 Å². The van der Waals surface area contributed by atoms with Gasteiger partial charge in [-0.05, 0) is 12.5 Å². The molecule has 0 fully saturated rings. The number of rotatable bonds is 7. The van der Waals surface area contributed by atoms with Gasteiger partial charge in [-0.15, -0.1) is 0 Å². The Labute approximate surface area is 108 Å². The molecular weight excluding hydrogens is 252 g/mol. The Morgan fingerprint density at radius 3 is 2.39 bits per heavy atom. The van der Waals surface area contributed by atoms with Crippen LogP contribution in [0.1, 0.15) is 12.5 Å². The summed E-state index contributed by atoms with van der Waals surface area (Å²) in [6.07, 6.45) is 1.12. The van der Waals surface area contributed by atoms with Gasteiger partial charge in [-0.3, -0.25) is 0 Å². The standard InChI is InChI=1S/C12H20N2O3S/c1-12(15,11-6-4-3-5-7-11)10-13-8-9-14-18(2,16)17/h3-7,13-15H,8-10H2,1-2H3. The first-order valence-corrected chi connectivity index (χ1v) is 7.64. The molecule has 0 aliphatic heterocycles. The van der Waals surface area contributed by atoms with Crippen molar-refractivity contribution in [1.29, 1.82) is 0 Å². The van der Waals surface area contributed by atoms with E-state index in [0.29, 0.717) is 19.6 Å². The maximum atomic E-state index is 10.8. The molecule has 0 bridgehead atoms. The minimum atomic E-state index is -3.14. The van der Waals surface area contributed by atoms with Crippen LogP contribution in [0.25, 0.3) is 0 Å². The quantitative estimate of drug-likeness (QED) is 0.612. The normalized spacial score (nSPS) is 15.3. The lowest BCUT2D eigenvalue weighted by Crippen LogP contribution is -2.39. The number of aliphatic hydroxyl groups is 1. The summed E-state index contributed by atoms with van der Waals surface area (Å²) in [7, 11) is -3.14. The smallest absolute Gasteiger partial charge is 0.208 e. The van der Waals surface area contributed by atoms with Gasteiger partial charge in [0.05, 0.1) is 11.9 Å². The second kappa shape index (κ2) is 6.29. The molecule has 0 radical (unpaired) electrons. The SMILES string of the molecule is CC(O)(CNCCNS(C)(=O)=O)c1ccccc1. The molecule has 102 valence electrons. The molecular formula is C12H20N2O3S. The summed E-state index contributed by atoms with van der Waals surface area (Å²) in [5.74, 6) is 0. The van der Waals surface area contributed by atoms with E-state index in [2.05, 4.69) is 10.0 Å². The van der Waals surface area contributed by atoms with Gasteiger partial charge in [0.25, 0.3) is 0 Å². The van der Waals surface area contributed by atoms with Gasteiger partial charge in [0.15, 0.2) is 0 Å². The fourth-order valence-corrected chi connectivity index (χ4v) is 2.03. The summed E-state index contributed by atoms with van der Waals surface area (Å²) in [5, 5.41) is 13.3. The van der Waals surface area contributed by atoms with Crippen LogP contribution in [0.4, 0.5) is 0 Å². The average molecular weight is 272 g/mol. The highest BCUT2D eigenvalue weighted by molar-refractivity contribution is 7.88. The first-order chi connectivity index (χ1) is 8.31. The van der Waals surface area contributed by atoms with E-state index in [0.717, 1.165) is 11.8 Å². The highest BCUT2D eigenvalue weighted by Crippen LogP contribution is 2.18. The molecule has 1 rings (SSSR count). The van der Waals surface area contributed by atoms with Crippen molar-refractivity contribution >= 4 is 10.0 Å². The summed E-state index contributed by atoms with van der Waals surface area (Å²) in [6, 6.07) is 9.35. The Morgan fingerprint density at radius 2 is 1.83 bits per heavy atom. The van der Waals surface area contributed by atoms with Crippen LogP contribution < -0.4 is 10.0 Å². The molecule has 1 atom stereocenters. The Kier molecular flexibility index (Phi) is 5.28. The molecule has 1 unspecified atom stereocenters. The van der Waals surface area contributed by atoms with Crippen molar-refractivity contribution in [3.8, 4) is 0 Å². The van der Waals surface area contributed by atoms with E-state index >= 15 is 0 Å². The first-order valence-electron chi connectivity index (χ1n) is 5.74. The summed E-state index contributed by atoms with van der Waals surface area (Å²) >= 11 is 0. The Balaban J connectivity index is 2.35. The molecule has 18 heavy (non-hydrogen) atoms. The zero-order valence-corrected chi connectivity index (χ0v) is 11.5. The van der Waals surface area contributed by atoms with Crippen molar-refractivity contribution in [2.75, 3.05) is 25.9 Å². The van der Waals surface area contributed by atoms with Gasteiger partial charge in [0, 0.05) is 19.6 Å². The Bertz CT molecular complexity index is 457. The van der Waals surface area contributed by atoms with Crippen LogP contribution in [0.2, 0.25) is 0 Å². The van der Waals surface area contributed by atoms with Gasteiger partial charge in [-0.1, -0.05) is 30.3 Å². The van der Waals surface area contributed by atoms with E-state index in [1.807, 2.05) is 30.3 Å². The third-order valence-electron chi connectivity index (χ3n) is 2.53. The van der Waals surface area contributed by atoms with E-state index in [1.165, 1.54) is 0 Å². The number of benzene rings is 1. The van der Waals surface area contributed by atoms with Crippen molar-refractivity contribution in [3.05, 3.63) is 35.9 Å². The second-order valence-electron chi connectivity index (χ2n) is 4.48. The highest BCUT2D eigenvalue weighted by atomic mass is 32.2. The number of hydrogen-bond donors (Lipinski definition) is 3. The average Bonchev–Trinajstić information content (AvgIpc) is 2.28. The van der Waals surface area contributed by atoms with Gasteiger partial charge < -0.3 is 10.4 Å². The van der Waals surface area contributed by atoms with Crippen molar-refractivity contribution in [1.82, 2.24) is 10.0 Å². The predicted octanol–water partition coefficient (Wildman–Crippen LogP) is 0.0329.